The Bertz CT molecular complexity index is 1270. The SMILES string of the molecule is CNS(=O)(=O)c1ccccc1-c1ccc(C[C@H](NC(=O)c2c(Cl)cccc2Cl)C(=O)O)cc1. The van der Waals surface area contributed by atoms with E-state index in [4.69, 9.17) is 23.2 Å². The molecule has 172 valence electrons. The topological polar surface area (TPSA) is 113 Å². The molecule has 33 heavy (non-hydrogen) atoms. The van der Waals surface area contributed by atoms with Gasteiger partial charge in [0.15, 0.2) is 0 Å². The number of carbonyl (C=O) groups excluding carboxylic acids is 1. The van der Waals surface area contributed by atoms with Crippen molar-refractivity contribution in [1.82, 2.24) is 10.0 Å². The Hall–Kier alpha value is -2.91. The zero-order chi connectivity index (χ0) is 24.2. The summed E-state index contributed by atoms with van der Waals surface area (Å²) in [6.45, 7) is 0. The van der Waals surface area contributed by atoms with Crippen LogP contribution in [0.5, 0.6) is 0 Å². The molecule has 0 unspecified atom stereocenters. The van der Waals surface area contributed by atoms with Gasteiger partial charge in [-0.2, -0.15) is 0 Å². The first-order valence-corrected chi connectivity index (χ1v) is 12.0. The molecule has 0 aliphatic carbocycles. The fourth-order valence-electron chi connectivity index (χ4n) is 3.25. The number of amides is 1. The standard InChI is InChI=1S/C23H20Cl2N2O5S/c1-26-33(31,32)20-8-3-2-5-16(20)15-11-9-14(10-12-15)13-19(23(29)30)27-22(28)21-17(24)6-4-7-18(21)25/h2-12,19,26H,13H2,1H3,(H,27,28)(H,29,30)/t19-/m0/s1. The van der Waals surface area contributed by atoms with Gasteiger partial charge in [0.2, 0.25) is 10.0 Å². The second-order valence-corrected chi connectivity index (χ2v) is 9.74. The Labute approximate surface area is 201 Å². The number of carboxylic acid groups (broad SMARTS) is 1. The molecule has 7 nitrogen and oxygen atoms in total. The number of benzene rings is 3. The first-order valence-electron chi connectivity index (χ1n) is 9.73. The van der Waals surface area contributed by atoms with Crippen LogP contribution < -0.4 is 10.0 Å². The van der Waals surface area contributed by atoms with E-state index in [9.17, 15) is 23.1 Å². The Kier molecular flexibility index (Phi) is 7.76. The van der Waals surface area contributed by atoms with Crippen molar-refractivity contribution in [2.24, 2.45) is 0 Å². The summed E-state index contributed by atoms with van der Waals surface area (Å²) in [5, 5.41) is 12.3. The van der Waals surface area contributed by atoms with E-state index in [-0.39, 0.29) is 26.9 Å². The number of hydrogen-bond acceptors (Lipinski definition) is 4. The van der Waals surface area contributed by atoms with Gasteiger partial charge in [-0.05, 0) is 36.4 Å². The fourth-order valence-corrected chi connectivity index (χ4v) is 4.77. The molecular formula is C23H20Cl2N2O5S. The number of aliphatic carboxylic acids is 1. The summed E-state index contributed by atoms with van der Waals surface area (Å²) in [4.78, 5) is 24.5. The summed E-state index contributed by atoms with van der Waals surface area (Å²) in [7, 11) is -2.32. The summed E-state index contributed by atoms with van der Waals surface area (Å²) >= 11 is 12.1. The summed E-state index contributed by atoms with van der Waals surface area (Å²) in [5.74, 6) is -1.91. The van der Waals surface area contributed by atoms with Crippen molar-refractivity contribution in [3.05, 3.63) is 87.9 Å². The molecule has 0 saturated carbocycles. The molecule has 0 aliphatic heterocycles. The van der Waals surface area contributed by atoms with Crippen LogP contribution in [0.1, 0.15) is 15.9 Å². The van der Waals surface area contributed by atoms with Gasteiger partial charge in [-0.3, -0.25) is 4.79 Å². The first kappa shape index (κ1) is 24.7. The van der Waals surface area contributed by atoms with Crippen LogP contribution in [0.3, 0.4) is 0 Å². The highest BCUT2D eigenvalue weighted by atomic mass is 35.5. The van der Waals surface area contributed by atoms with Gasteiger partial charge < -0.3 is 10.4 Å². The molecule has 3 aromatic carbocycles. The van der Waals surface area contributed by atoms with Gasteiger partial charge in [0.25, 0.3) is 5.91 Å². The van der Waals surface area contributed by atoms with Crippen LogP contribution in [0, 0.1) is 0 Å². The number of nitrogens with one attached hydrogen (secondary N) is 2. The Balaban J connectivity index is 1.82. The molecule has 0 radical (unpaired) electrons. The van der Waals surface area contributed by atoms with Crippen LogP contribution in [0.25, 0.3) is 11.1 Å². The van der Waals surface area contributed by atoms with Crippen molar-refractivity contribution >= 4 is 45.1 Å². The van der Waals surface area contributed by atoms with Crippen LogP contribution in [0.15, 0.2) is 71.6 Å². The second-order valence-electron chi connectivity index (χ2n) is 7.07. The molecule has 0 aliphatic rings. The van der Waals surface area contributed by atoms with Gasteiger partial charge in [0, 0.05) is 12.0 Å². The molecule has 0 saturated heterocycles. The van der Waals surface area contributed by atoms with Crippen molar-refractivity contribution in [1.29, 1.82) is 0 Å². The predicted octanol–water partition coefficient (Wildman–Crippen LogP) is 3.99. The van der Waals surface area contributed by atoms with Crippen LogP contribution in [0.2, 0.25) is 10.0 Å². The maximum absolute atomic E-state index is 12.6. The summed E-state index contributed by atoms with van der Waals surface area (Å²) in [6, 6.07) is 16.6. The fraction of sp³-hybridized carbons (Fsp3) is 0.130. The lowest BCUT2D eigenvalue weighted by atomic mass is 10.0. The Morgan fingerprint density at radius 1 is 0.939 bits per heavy atom. The van der Waals surface area contributed by atoms with Crippen LogP contribution in [-0.4, -0.2) is 38.5 Å². The lowest BCUT2D eigenvalue weighted by molar-refractivity contribution is -0.139. The van der Waals surface area contributed by atoms with E-state index in [1.807, 2.05) is 0 Å². The van der Waals surface area contributed by atoms with E-state index in [0.29, 0.717) is 16.7 Å². The van der Waals surface area contributed by atoms with Crippen LogP contribution in [-0.2, 0) is 21.2 Å². The van der Waals surface area contributed by atoms with Gasteiger partial charge in [-0.25, -0.2) is 17.9 Å². The van der Waals surface area contributed by atoms with Crippen molar-refractivity contribution in [3.63, 3.8) is 0 Å². The molecule has 3 aromatic rings. The number of halogens is 2. The van der Waals surface area contributed by atoms with E-state index in [1.54, 1.807) is 48.5 Å². The third-order valence-corrected chi connectivity index (χ3v) is 7.05. The van der Waals surface area contributed by atoms with Gasteiger partial charge >= 0.3 is 5.97 Å². The zero-order valence-corrected chi connectivity index (χ0v) is 19.7. The normalized spacial score (nSPS) is 12.2. The minimum Gasteiger partial charge on any atom is -0.480 e. The summed E-state index contributed by atoms with van der Waals surface area (Å²) in [6.07, 6.45) is -0.000113. The molecule has 10 heteroatoms. The lowest BCUT2D eigenvalue weighted by Crippen LogP contribution is -2.42. The minimum atomic E-state index is -3.66. The molecule has 1 atom stereocenters. The van der Waals surface area contributed by atoms with Crippen molar-refractivity contribution < 1.29 is 23.1 Å². The first-order chi connectivity index (χ1) is 15.6. The molecule has 0 aromatic heterocycles. The van der Waals surface area contributed by atoms with Crippen LogP contribution >= 0.6 is 23.2 Å². The number of rotatable bonds is 8. The van der Waals surface area contributed by atoms with E-state index < -0.39 is 27.9 Å². The van der Waals surface area contributed by atoms with E-state index in [1.165, 1.54) is 25.2 Å². The minimum absolute atomic E-state index is 0.000113. The van der Waals surface area contributed by atoms with Gasteiger partial charge in [-0.15, -0.1) is 0 Å². The maximum Gasteiger partial charge on any atom is 0.326 e. The monoisotopic (exact) mass is 506 g/mol. The van der Waals surface area contributed by atoms with Gasteiger partial charge in [0.05, 0.1) is 20.5 Å². The molecular weight excluding hydrogens is 487 g/mol. The van der Waals surface area contributed by atoms with E-state index >= 15 is 0 Å². The Morgan fingerprint density at radius 2 is 1.55 bits per heavy atom. The predicted molar refractivity (Wildman–Crippen MR) is 127 cm³/mol. The number of carboxylic acids is 1. The zero-order valence-electron chi connectivity index (χ0n) is 17.4. The largest absolute Gasteiger partial charge is 0.480 e. The smallest absolute Gasteiger partial charge is 0.326 e. The number of hydrogen-bond donors (Lipinski definition) is 3. The number of sulfonamides is 1. The highest BCUT2D eigenvalue weighted by molar-refractivity contribution is 7.89. The lowest BCUT2D eigenvalue weighted by Gasteiger charge is -2.16. The molecule has 0 fully saturated rings. The van der Waals surface area contributed by atoms with Crippen LogP contribution in [0.4, 0.5) is 0 Å². The summed E-state index contributed by atoms with van der Waals surface area (Å²) < 4.78 is 26.9. The molecule has 0 bridgehead atoms. The molecule has 0 spiro atoms. The van der Waals surface area contributed by atoms with Gasteiger partial charge in [-0.1, -0.05) is 71.7 Å². The van der Waals surface area contributed by atoms with Gasteiger partial charge in [0.1, 0.15) is 6.04 Å². The van der Waals surface area contributed by atoms with E-state index in [0.717, 1.165) is 0 Å². The summed E-state index contributed by atoms with van der Waals surface area (Å²) in [5.41, 5.74) is 1.79. The van der Waals surface area contributed by atoms with Crippen molar-refractivity contribution in [2.75, 3.05) is 7.05 Å². The van der Waals surface area contributed by atoms with Crippen molar-refractivity contribution in [3.8, 4) is 11.1 Å². The maximum atomic E-state index is 12.6. The average molecular weight is 507 g/mol. The highest BCUT2D eigenvalue weighted by Gasteiger charge is 2.24. The third-order valence-electron chi connectivity index (χ3n) is 4.94. The third kappa shape index (κ3) is 5.72. The van der Waals surface area contributed by atoms with E-state index in [2.05, 4.69) is 10.0 Å². The molecule has 0 heterocycles. The highest BCUT2D eigenvalue weighted by Crippen LogP contribution is 2.28. The average Bonchev–Trinajstić information content (AvgIpc) is 2.79. The second kappa shape index (κ2) is 10.4. The molecule has 3 N–H and O–H groups in total. The Morgan fingerprint density at radius 3 is 2.12 bits per heavy atom. The van der Waals surface area contributed by atoms with Crippen molar-refractivity contribution in [2.45, 2.75) is 17.4 Å². The quantitative estimate of drug-likeness (QED) is 0.427. The molecule has 3 rings (SSSR count). The molecule has 1 amide bonds. The number of carbonyl (C=O) groups is 2.